The van der Waals surface area contributed by atoms with Crippen LogP contribution in [0.25, 0.3) is 88.1 Å². The van der Waals surface area contributed by atoms with Gasteiger partial charge in [-0.3, -0.25) is 0 Å². The predicted molar refractivity (Wildman–Crippen MR) is 346 cm³/mol. The van der Waals surface area contributed by atoms with Crippen LogP contribution in [0.1, 0.15) is 49.9 Å². The highest BCUT2D eigenvalue weighted by Gasteiger charge is 2.37. The molecule has 15 aromatic rings. The number of hydrogen-bond acceptors (Lipinski definition) is 7. The molecule has 3 heterocycles. The summed E-state index contributed by atoms with van der Waals surface area (Å²) >= 11 is 0. The van der Waals surface area contributed by atoms with Crippen molar-refractivity contribution in [1.29, 1.82) is 0 Å². The van der Waals surface area contributed by atoms with Gasteiger partial charge in [-0.15, -0.1) is 0 Å². The Labute approximate surface area is 490 Å². The summed E-state index contributed by atoms with van der Waals surface area (Å²) in [6.45, 7) is 9.30. The quantitative estimate of drug-likeness (QED) is 0.135. The molecule has 85 heavy (non-hydrogen) atoms. The largest absolute Gasteiger partial charge is 0.457 e. The number of anilines is 6. The molecule has 0 fully saturated rings. The second-order valence-corrected chi connectivity index (χ2v) is 23.6. The van der Waals surface area contributed by atoms with Crippen LogP contribution in [-0.2, 0) is 10.8 Å². The van der Waals surface area contributed by atoms with Crippen LogP contribution in [-0.4, -0.2) is 0 Å². The van der Waals surface area contributed by atoms with Crippen LogP contribution in [0.5, 0.6) is 23.0 Å². The molecule has 12 aromatic carbocycles. The third kappa shape index (κ3) is 7.73. The topological polar surface area (TPSA) is 64.4 Å². The molecular weight excluding hydrogens is 1040 g/mol. The highest BCUT2D eigenvalue weighted by atomic mass is 16.5. The summed E-state index contributed by atoms with van der Waals surface area (Å²) < 4.78 is 33.1. The first-order chi connectivity index (χ1) is 41.6. The zero-order valence-corrected chi connectivity index (χ0v) is 47.2. The van der Waals surface area contributed by atoms with E-state index < -0.39 is 0 Å². The van der Waals surface area contributed by atoms with Crippen molar-refractivity contribution in [3.05, 3.63) is 277 Å². The minimum atomic E-state index is -0.171. The molecule has 0 N–H and O–H groups in total. The number of furan rings is 3. The molecular formula is C78H54N2O5. The Morgan fingerprint density at radius 1 is 0.247 bits per heavy atom. The Hall–Kier alpha value is -10.8. The standard InChI is InChI=1S/C78H54N2O5/c1-77(2)67-21-13-11-19-57(67)59-35-27-49(39-69(59)77)79(47-23-31-55(32-24-47)81-53-15-7-5-8-16-53)51-29-37-61-63-43-75-65(45-73(63)83-71(61)41-51)66-46-74-64(44-76(66)85-75)62-38-30-52(42-72(62)84-74)80(48-25-33-56(34-26-48)82-54-17-9-6-10-18-54)50-28-36-60-58-20-12-14-22-68(58)78(3,4)70(60)40-50/h5-46H,1-4H3. The molecule has 7 heteroatoms. The van der Waals surface area contributed by atoms with Gasteiger partial charge in [0.05, 0.1) is 0 Å². The number of nitrogens with zero attached hydrogens (tertiary/aromatic N) is 2. The van der Waals surface area contributed by atoms with Crippen LogP contribution < -0.4 is 19.3 Å². The smallest absolute Gasteiger partial charge is 0.137 e. The van der Waals surface area contributed by atoms with E-state index in [4.69, 9.17) is 22.7 Å². The zero-order valence-electron chi connectivity index (χ0n) is 47.2. The average molecular weight is 1100 g/mol. The number of fused-ring (bicyclic) bond motifs is 15. The highest BCUT2D eigenvalue weighted by molar-refractivity contribution is 6.19. The second kappa shape index (κ2) is 18.4. The van der Waals surface area contributed by atoms with Gasteiger partial charge in [-0.05, 0) is 190 Å². The minimum absolute atomic E-state index is 0.171. The zero-order chi connectivity index (χ0) is 56.7. The van der Waals surface area contributed by atoms with Crippen molar-refractivity contribution < 1.29 is 22.7 Å². The Balaban J connectivity index is 0.740. The predicted octanol–water partition coefficient (Wildman–Crippen LogP) is 22.5. The van der Waals surface area contributed by atoms with Gasteiger partial charge in [-0.1, -0.05) is 125 Å². The summed E-state index contributed by atoms with van der Waals surface area (Å²) in [7, 11) is 0. The first-order valence-electron chi connectivity index (χ1n) is 29.0. The Morgan fingerprint density at radius 3 is 0.941 bits per heavy atom. The van der Waals surface area contributed by atoms with Gasteiger partial charge in [0, 0.05) is 89.4 Å². The molecule has 17 rings (SSSR count). The fourth-order valence-corrected chi connectivity index (χ4v) is 13.7. The average Bonchev–Trinajstić information content (AvgIpc) is 1.74. The van der Waals surface area contributed by atoms with E-state index in [2.05, 4.69) is 207 Å². The molecule has 406 valence electrons. The van der Waals surface area contributed by atoms with E-state index in [0.717, 1.165) is 123 Å². The molecule has 0 saturated carbocycles. The van der Waals surface area contributed by atoms with Crippen molar-refractivity contribution in [3.63, 3.8) is 0 Å². The fourth-order valence-electron chi connectivity index (χ4n) is 13.7. The third-order valence-electron chi connectivity index (χ3n) is 17.9. The first-order valence-corrected chi connectivity index (χ1v) is 29.0. The van der Waals surface area contributed by atoms with Crippen molar-refractivity contribution in [3.8, 4) is 45.3 Å². The molecule has 0 bridgehead atoms. The van der Waals surface area contributed by atoms with Gasteiger partial charge < -0.3 is 32.5 Å². The normalized spacial score (nSPS) is 13.6. The monoisotopic (exact) mass is 1100 g/mol. The first kappa shape index (κ1) is 48.9. The lowest BCUT2D eigenvalue weighted by molar-refractivity contribution is 0.482. The molecule has 0 spiro atoms. The van der Waals surface area contributed by atoms with Gasteiger partial charge in [0.1, 0.15) is 56.5 Å². The second-order valence-electron chi connectivity index (χ2n) is 23.6. The van der Waals surface area contributed by atoms with Gasteiger partial charge in [-0.2, -0.15) is 0 Å². The highest BCUT2D eigenvalue weighted by Crippen LogP contribution is 2.53. The van der Waals surface area contributed by atoms with Crippen LogP contribution in [0.2, 0.25) is 0 Å². The van der Waals surface area contributed by atoms with Gasteiger partial charge in [0.2, 0.25) is 0 Å². The number of benzene rings is 12. The number of para-hydroxylation sites is 2. The summed E-state index contributed by atoms with van der Waals surface area (Å²) in [5, 5.41) is 5.90. The van der Waals surface area contributed by atoms with Crippen LogP contribution in [0.4, 0.5) is 34.1 Å². The summed E-state index contributed by atoms with van der Waals surface area (Å²) in [5.74, 6) is 3.11. The number of rotatable bonds is 10. The SMILES string of the molecule is CC1(C)c2ccccc2-c2ccc(N(c3ccc(Oc4ccccc4)cc3)c3ccc4c(c3)oc3cc5c(cc34)oc3cc4c(cc35)oc3cc(N(c5ccc(Oc6ccccc6)cc5)c5ccc6c(c5)C(C)(C)c5ccccc5-6)ccc34)cc21. The summed E-state index contributed by atoms with van der Waals surface area (Å²) in [6, 6.07) is 89.2. The molecule has 0 unspecified atom stereocenters. The summed E-state index contributed by atoms with van der Waals surface area (Å²) in [4.78, 5) is 4.62. The van der Waals surface area contributed by atoms with E-state index >= 15 is 0 Å². The van der Waals surface area contributed by atoms with E-state index in [1.807, 2.05) is 84.9 Å². The van der Waals surface area contributed by atoms with Gasteiger partial charge in [0.25, 0.3) is 0 Å². The third-order valence-corrected chi connectivity index (χ3v) is 17.9. The van der Waals surface area contributed by atoms with Crippen molar-refractivity contribution >= 4 is 99.9 Å². The van der Waals surface area contributed by atoms with Gasteiger partial charge in [0.15, 0.2) is 0 Å². The lowest BCUT2D eigenvalue weighted by Crippen LogP contribution is -2.16. The van der Waals surface area contributed by atoms with Crippen LogP contribution in [0.3, 0.4) is 0 Å². The van der Waals surface area contributed by atoms with E-state index in [0.29, 0.717) is 0 Å². The molecule has 2 aliphatic rings. The summed E-state index contributed by atoms with van der Waals surface area (Å²) in [5.41, 5.74) is 20.8. The maximum atomic E-state index is 6.88. The van der Waals surface area contributed by atoms with Crippen LogP contribution in [0.15, 0.2) is 268 Å². The van der Waals surface area contributed by atoms with Crippen molar-refractivity contribution in [1.82, 2.24) is 0 Å². The van der Waals surface area contributed by atoms with Crippen molar-refractivity contribution in [2.24, 2.45) is 0 Å². The molecule has 0 atom stereocenters. The molecule has 0 aliphatic heterocycles. The lowest BCUT2D eigenvalue weighted by Gasteiger charge is -2.28. The van der Waals surface area contributed by atoms with Crippen molar-refractivity contribution in [2.45, 2.75) is 38.5 Å². The van der Waals surface area contributed by atoms with Gasteiger partial charge >= 0.3 is 0 Å². The molecule has 0 saturated heterocycles. The Bertz CT molecular complexity index is 4860. The van der Waals surface area contributed by atoms with E-state index in [-0.39, 0.29) is 10.8 Å². The minimum Gasteiger partial charge on any atom is -0.457 e. The number of ether oxygens (including phenoxy) is 2. The molecule has 3 aromatic heterocycles. The van der Waals surface area contributed by atoms with E-state index in [1.54, 1.807) is 0 Å². The lowest BCUT2D eigenvalue weighted by atomic mass is 9.82. The van der Waals surface area contributed by atoms with E-state index in [1.165, 1.54) is 44.5 Å². The van der Waals surface area contributed by atoms with Crippen molar-refractivity contribution in [2.75, 3.05) is 9.80 Å². The Morgan fingerprint density at radius 2 is 0.541 bits per heavy atom. The number of hydrogen-bond donors (Lipinski definition) is 0. The van der Waals surface area contributed by atoms with E-state index in [9.17, 15) is 0 Å². The van der Waals surface area contributed by atoms with Crippen LogP contribution in [0, 0.1) is 0 Å². The maximum absolute atomic E-state index is 6.88. The van der Waals surface area contributed by atoms with Crippen LogP contribution >= 0.6 is 0 Å². The van der Waals surface area contributed by atoms with Gasteiger partial charge in [-0.25, -0.2) is 0 Å². The molecule has 7 nitrogen and oxygen atoms in total. The molecule has 2 aliphatic carbocycles. The Kier molecular flexibility index (Phi) is 10.6. The molecule has 0 amide bonds. The maximum Gasteiger partial charge on any atom is 0.137 e. The summed E-state index contributed by atoms with van der Waals surface area (Å²) in [6.07, 6.45) is 0. The fraction of sp³-hybridized carbons (Fsp3) is 0.0769. The molecule has 0 radical (unpaired) electrons.